The van der Waals surface area contributed by atoms with Crippen molar-refractivity contribution >= 4 is 23.1 Å². The fourth-order valence-corrected chi connectivity index (χ4v) is 1.58. The van der Waals surface area contributed by atoms with E-state index in [1.54, 1.807) is 0 Å². The lowest BCUT2D eigenvalue weighted by molar-refractivity contribution is -0.385. The molecule has 19 heavy (non-hydrogen) atoms. The minimum absolute atomic E-state index is 0.208. The van der Waals surface area contributed by atoms with Crippen LogP contribution in [0.5, 0.6) is 0 Å². The van der Waals surface area contributed by atoms with E-state index in [-0.39, 0.29) is 21.7 Å². The van der Waals surface area contributed by atoms with Crippen LogP contribution in [0.2, 0.25) is 0 Å². The molecule has 0 fully saturated rings. The Kier molecular flexibility index (Phi) is 3.56. The van der Waals surface area contributed by atoms with Gasteiger partial charge in [0.15, 0.2) is 10.3 Å². The van der Waals surface area contributed by atoms with Gasteiger partial charge in [0.05, 0.1) is 9.85 Å². The molecule has 0 atom stereocenters. The molecule has 0 aliphatic rings. The van der Waals surface area contributed by atoms with Gasteiger partial charge < -0.3 is 0 Å². The summed E-state index contributed by atoms with van der Waals surface area (Å²) in [5.74, 6) is 0. The van der Waals surface area contributed by atoms with Crippen molar-refractivity contribution < 1.29 is 9.85 Å². The highest BCUT2D eigenvalue weighted by atomic mass is 32.2. The van der Waals surface area contributed by atoms with E-state index in [1.165, 1.54) is 0 Å². The highest BCUT2D eigenvalue weighted by Gasteiger charge is 2.11. The van der Waals surface area contributed by atoms with E-state index in [2.05, 4.69) is 19.9 Å². The third kappa shape index (κ3) is 3.16. The van der Waals surface area contributed by atoms with E-state index in [4.69, 9.17) is 0 Å². The van der Waals surface area contributed by atoms with Gasteiger partial charge in [0, 0.05) is 0 Å². The molecule has 0 bridgehead atoms. The molecule has 0 radical (unpaired) electrons. The second-order valence-electron chi connectivity index (χ2n) is 3.06. The Bertz CT molecular complexity index is 561. The Morgan fingerprint density at radius 2 is 1.11 bits per heavy atom. The number of aromatic nitrogens is 4. The SMILES string of the molecule is O=[N+]([O-])c1cnc(Sc2ncc([N+](=O)[O-])cn2)nc1. The van der Waals surface area contributed by atoms with Gasteiger partial charge in [0.2, 0.25) is 0 Å². The Morgan fingerprint density at radius 1 is 0.789 bits per heavy atom. The van der Waals surface area contributed by atoms with E-state index in [9.17, 15) is 20.2 Å². The molecule has 96 valence electrons. The summed E-state index contributed by atoms with van der Waals surface area (Å²) in [6, 6.07) is 0. The Labute approximate surface area is 109 Å². The molecule has 0 aromatic carbocycles. The molecular formula is C8H4N6O4S. The van der Waals surface area contributed by atoms with Crippen molar-refractivity contribution in [3.63, 3.8) is 0 Å². The summed E-state index contributed by atoms with van der Waals surface area (Å²) < 4.78 is 0. The van der Waals surface area contributed by atoms with Crippen molar-refractivity contribution in [2.75, 3.05) is 0 Å². The van der Waals surface area contributed by atoms with Gasteiger partial charge in [-0.25, -0.2) is 19.9 Å². The lowest BCUT2D eigenvalue weighted by atomic mass is 10.6. The zero-order valence-corrected chi connectivity index (χ0v) is 9.85. The number of rotatable bonds is 4. The van der Waals surface area contributed by atoms with Gasteiger partial charge in [-0.2, -0.15) is 0 Å². The van der Waals surface area contributed by atoms with Crippen LogP contribution in [0.4, 0.5) is 11.4 Å². The summed E-state index contributed by atoms with van der Waals surface area (Å²) in [6.45, 7) is 0. The number of hydrogen-bond donors (Lipinski definition) is 0. The molecule has 0 spiro atoms. The predicted octanol–water partition coefficient (Wildman–Crippen LogP) is 1.23. The normalized spacial score (nSPS) is 10.1. The number of nitrogens with zero attached hydrogens (tertiary/aromatic N) is 6. The summed E-state index contributed by atoms with van der Waals surface area (Å²) in [5, 5.41) is 21.2. The van der Waals surface area contributed by atoms with Gasteiger partial charge in [0.1, 0.15) is 24.8 Å². The maximum absolute atomic E-state index is 10.4. The highest BCUT2D eigenvalue weighted by molar-refractivity contribution is 7.99. The molecule has 0 amide bonds. The predicted molar refractivity (Wildman–Crippen MR) is 61.5 cm³/mol. The van der Waals surface area contributed by atoms with Crippen LogP contribution in [0.3, 0.4) is 0 Å². The molecule has 0 saturated heterocycles. The molecular weight excluding hydrogens is 276 g/mol. The fourth-order valence-electron chi connectivity index (χ4n) is 0.994. The zero-order chi connectivity index (χ0) is 13.8. The molecule has 0 unspecified atom stereocenters. The maximum atomic E-state index is 10.4. The van der Waals surface area contributed by atoms with Gasteiger partial charge in [-0.1, -0.05) is 0 Å². The smallest absolute Gasteiger partial charge is 0.258 e. The van der Waals surface area contributed by atoms with Crippen LogP contribution in [0.25, 0.3) is 0 Å². The van der Waals surface area contributed by atoms with E-state index in [0.29, 0.717) is 0 Å². The number of nitro groups is 2. The van der Waals surface area contributed by atoms with E-state index >= 15 is 0 Å². The lowest BCUT2D eigenvalue weighted by Crippen LogP contribution is -1.95. The first-order chi connectivity index (χ1) is 9.06. The minimum atomic E-state index is -0.614. The minimum Gasteiger partial charge on any atom is -0.258 e. The van der Waals surface area contributed by atoms with Crippen molar-refractivity contribution in [3.8, 4) is 0 Å². The second kappa shape index (κ2) is 5.30. The van der Waals surface area contributed by atoms with Gasteiger partial charge in [-0.05, 0) is 11.8 Å². The molecule has 2 aromatic heterocycles. The number of hydrogen-bond acceptors (Lipinski definition) is 9. The fraction of sp³-hybridized carbons (Fsp3) is 0. The second-order valence-corrected chi connectivity index (χ2v) is 4.00. The van der Waals surface area contributed by atoms with Crippen LogP contribution >= 0.6 is 11.8 Å². The summed E-state index contributed by atoms with van der Waals surface area (Å²) in [6.07, 6.45) is 4.23. The monoisotopic (exact) mass is 280 g/mol. The molecule has 0 aliphatic heterocycles. The molecule has 0 aliphatic carbocycles. The summed E-state index contributed by atoms with van der Waals surface area (Å²) in [5.41, 5.74) is -0.456. The van der Waals surface area contributed by atoms with Crippen LogP contribution < -0.4 is 0 Å². The largest absolute Gasteiger partial charge is 0.305 e. The molecule has 0 N–H and O–H groups in total. The Balaban J connectivity index is 2.12. The van der Waals surface area contributed by atoms with E-state index in [1.807, 2.05) is 0 Å². The van der Waals surface area contributed by atoms with Gasteiger partial charge in [-0.3, -0.25) is 20.2 Å². The molecule has 2 aromatic rings. The van der Waals surface area contributed by atoms with Crippen molar-refractivity contribution in [1.82, 2.24) is 19.9 Å². The standard InChI is InChI=1S/C8H4N6O4S/c15-13(16)5-1-9-7(10-2-5)19-8-11-3-6(4-12-8)14(17)18/h1-4H. The van der Waals surface area contributed by atoms with Gasteiger partial charge in [-0.15, -0.1) is 0 Å². The van der Waals surface area contributed by atoms with Crippen LogP contribution in [-0.2, 0) is 0 Å². The van der Waals surface area contributed by atoms with Crippen molar-refractivity contribution in [3.05, 3.63) is 45.0 Å². The van der Waals surface area contributed by atoms with Crippen LogP contribution in [0.15, 0.2) is 35.1 Å². The van der Waals surface area contributed by atoms with Crippen molar-refractivity contribution in [1.29, 1.82) is 0 Å². The maximum Gasteiger partial charge on any atom is 0.305 e. The van der Waals surface area contributed by atoms with Crippen LogP contribution in [-0.4, -0.2) is 29.8 Å². The highest BCUT2D eigenvalue weighted by Crippen LogP contribution is 2.22. The Morgan fingerprint density at radius 3 is 1.37 bits per heavy atom. The average Bonchev–Trinajstić information content (AvgIpc) is 2.40. The Hall–Kier alpha value is -2.69. The first-order valence-electron chi connectivity index (χ1n) is 4.67. The molecule has 2 heterocycles. The third-order valence-electron chi connectivity index (χ3n) is 1.83. The average molecular weight is 280 g/mol. The summed E-state index contributed by atoms with van der Waals surface area (Å²) >= 11 is 0.939. The summed E-state index contributed by atoms with van der Waals surface area (Å²) in [7, 11) is 0. The van der Waals surface area contributed by atoms with Gasteiger partial charge >= 0.3 is 11.4 Å². The first kappa shape index (κ1) is 12.8. The topological polar surface area (TPSA) is 138 Å². The first-order valence-corrected chi connectivity index (χ1v) is 5.48. The van der Waals surface area contributed by atoms with Crippen molar-refractivity contribution in [2.24, 2.45) is 0 Å². The molecule has 11 heteroatoms. The van der Waals surface area contributed by atoms with Crippen LogP contribution in [0, 0.1) is 20.2 Å². The van der Waals surface area contributed by atoms with Crippen LogP contribution in [0.1, 0.15) is 0 Å². The van der Waals surface area contributed by atoms with E-state index < -0.39 is 9.85 Å². The van der Waals surface area contributed by atoms with E-state index in [0.717, 1.165) is 36.5 Å². The molecule has 0 saturated carbocycles. The third-order valence-corrected chi connectivity index (χ3v) is 2.62. The van der Waals surface area contributed by atoms with Crippen molar-refractivity contribution in [2.45, 2.75) is 10.3 Å². The lowest BCUT2D eigenvalue weighted by Gasteiger charge is -1.97. The molecule has 2 rings (SSSR count). The molecule has 10 nitrogen and oxygen atoms in total. The van der Waals surface area contributed by atoms with Gasteiger partial charge in [0.25, 0.3) is 0 Å². The quantitative estimate of drug-likeness (QED) is 0.459. The zero-order valence-electron chi connectivity index (χ0n) is 9.03. The summed E-state index contributed by atoms with van der Waals surface area (Å²) in [4.78, 5) is 34.6.